The first-order chi connectivity index (χ1) is 6.62. The molecule has 1 aromatic rings. The third kappa shape index (κ3) is 1.68. The maximum atomic E-state index is 7.26. The summed E-state index contributed by atoms with van der Waals surface area (Å²) >= 11 is 1.89. The van der Waals surface area contributed by atoms with Crippen LogP contribution in [0.15, 0.2) is 18.2 Å². The predicted octanol–water partition coefficient (Wildman–Crippen LogP) is 2.91. The molecule has 0 aliphatic rings. The summed E-state index contributed by atoms with van der Waals surface area (Å²) < 4.78 is 43.9. The molecular weight excluding hydrogens is 223 g/mol. The second kappa shape index (κ2) is 2.69. The van der Waals surface area contributed by atoms with Crippen LogP contribution < -0.4 is 0 Å². The van der Waals surface area contributed by atoms with Gasteiger partial charge in [0.15, 0.2) is 0 Å². The third-order valence-electron chi connectivity index (χ3n) is 0.966. The molecule has 1 rings (SSSR count). The summed E-state index contributed by atoms with van der Waals surface area (Å²) in [4.78, 5) is 0. The van der Waals surface area contributed by atoms with Crippen molar-refractivity contribution < 1.29 is 8.22 Å². The molecule has 0 fully saturated rings. The molecule has 0 heterocycles. The van der Waals surface area contributed by atoms with Crippen molar-refractivity contribution in [3.05, 3.63) is 32.9 Å². The first kappa shape index (κ1) is 2.53. The minimum Gasteiger partial charge on any atom is -0.0583 e. The van der Waals surface area contributed by atoms with Crippen molar-refractivity contribution in [3.63, 3.8) is 0 Å². The first-order valence-electron chi connectivity index (χ1n) is 5.43. The highest BCUT2D eigenvalue weighted by molar-refractivity contribution is 14.1. The van der Waals surface area contributed by atoms with Crippen molar-refractivity contribution >= 4 is 22.6 Å². The second-order valence-corrected chi connectivity index (χ2v) is 2.86. The highest BCUT2D eigenvalue weighted by Gasteiger charge is 1.90. The molecular formula is C8H9I. The van der Waals surface area contributed by atoms with E-state index in [4.69, 9.17) is 8.22 Å². The van der Waals surface area contributed by atoms with Crippen LogP contribution >= 0.6 is 22.6 Å². The van der Waals surface area contributed by atoms with Gasteiger partial charge in [0, 0.05) is 11.8 Å². The van der Waals surface area contributed by atoms with E-state index in [1.165, 1.54) is 18.2 Å². The lowest BCUT2D eigenvalue weighted by Crippen LogP contribution is -1.79. The Morgan fingerprint density at radius 2 is 2.33 bits per heavy atom. The molecule has 0 saturated carbocycles. The molecule has 0 spiro atoms. The Balaban J connectivity index is 3.30. The largest absolute Gasteiger partial charge is 0.0583 e. The average Bonchev–Trinajstić information content (AvgIpc) is 2.00. The molecule has 0 radical (unpaired) electrons. The quantitative estimate of drug-likeness (QED) is 0.609. The van der Waals surface area contributed by atoms with Crippen LogP contribution in [0.2, 0.25) is 0 Å². The fraction of sp³-hybridized carbons (Fsp3) is 0.250. The maximum Gasteiger partial charge on any atom is 0.0280 e. The van der Waals surface area contributed by atoms with Crippen molar-refractivity contribution in [1.29, 1.82) is 0 Å². The van der Waals surface area contributed by atoms with Gasteiger partial charge in [0.25, 0.3) is 0 Å². The molecule has 0 aromatic heterocycles. The van der Waals surface area contributed by atoms with Gasteiger partial charge in [-0.25, -0.2) is 0 Å². The zero-order valence-electron chi connectivity index (χ0n) is 10.6. The van der Waals surface area contributed by atoms with Crippen molar-refractivity contribution in [2.75, 3.05) is 0 Å². The lowest BCUT2D eigenvalue weighted by atomic mass is 10.2. The van der Waals surface area contributed by atoms with E-state index >= 15 is 0 Å². The summed E-state index contributed by atoms with van der Waals surface area (Å²) in [6.07, 6.45) is 0. The Hall–Kier alpha value is -0.0500. The highest BCUT2D eigenvalue weighted by Crippen LogP contribution is 2.11. The van der Waals surface area contributed by atoms with Gasteiger partial charge >= 0.3 is 0 Å². The summed E-state index contributed by atoms with van der Waals surface area (Å²) in [5.41, 5.74) is 0.158. The number of hydrogen-bond donors (Lipinski definition) is 0. The van der Waals surface area contributed by atoms with Crippen LogP contribution in [0, 0.1) is 17.3 Å². The van der Waals surface area contributed by atoms with E-state index in [9.17, 15) is 0 Å². The van der Waals surface area contributed by atoms with Crippen LogP contribution in [-0.4, -0.2) is 0 Å². The minimum absolute atomic E-state index is 0.0639. The van der Waals surface area contributed by atoms with Gasteiger partial charge in [-0.05, 0) is 47.9 Å². The van der Waals surface area contributed by atoms with E-state index in [1.807, 2.05) is 22.6 Å². The van der Waals surface area contributed by atoms with Crippen LogP contribution in [0.4, 0.5) is 0 Å². The monoisotopic (exact) mass is 238 g/mol. The molecule has 0 aliphatic carbocycles. The van der Waals surface area contributed by atoms with E-state index in [0.29, 0.717) is 3.57 Å². The zero-order valence-corrected chi connectivity index (χ0v) is 6.77. The highest BCUT2D eigenvalue weighted by atomic mass is 127. The smallest absolute Gasteiger partial charge is 0.0280 e. The van der Waals surface area contributed by atoms with Gasteiger partial charge in [-0.2, -0.15) is 0 Å². The van der Waals surface area contributed by atoms with E-state index in [-0.39, 0.29) is 11.1 Å². The first-order valence-corrected chi connectivity index (χ1v) is 3.51. The number of benzene rings is 1. The summed E-state index contributed by atoms with van der Waals surface area (Å²) in [5, 5.41) is 0. The van der Waals surface area contributed by atoms with Crippen molar-refractivity contribution in [3.8, 4) is 0 Å². The van der Waals surface area contributed by atoms with Gasteiger partial charge in [0.05, 0.1) is 0 Å². The Morgan fingerprint density at radius 1 is 1.44 bits per heavy atom. The lowest BCUT2D eigenvalue weighted by Gasteiger charge is -1.96. The van der Waals surface area contributed by atoms with Gasteiger partial charge in [-0.3, -0.25) is 0 Å². The molecule has 0 saturated heterocycles. The number of aryl methyl sites for hydroxylation is 2. The van der Waals surface area contributed by atoms with Crippen LogP contribution in [0.25, 0.3) is 0 Å². The standard InChI is InChI=1S/C8H9I/c1-6-3-4-8(9)7(2)5-6/h3-5H,1-2H3/i1D3,2D3. The number of rotatable bonds is 0. The predicted molar refractivity (Wildman–Crippen MR) is 48.6 cm³/mol. The molecule has 0 amide bonds. The van der Waals surface area contributed by atoms with E-state index in [1.54, 1.807) is 0 Å². The fourth-order valence-electron chi connectivity index (χ4n) is 0.525. The molecule has 0 aliphatic heterocycles. The topological polar surface area (TPSA) is 0 Å². The van der Waals surface area contributed by atoms with Gasteiger partial charge < -0.3 is 0 Å². The minimum atomic E-state index is -2.27. The molecule has 0 bridgehead atoms. The van der Waals surface area contributed by atoms with E-state index in [2.05, 4.69) is 0 Å². The number of hydrogen-bond acceptors (Lipinski definition) is 0. The normalized spacial score (nSPS) is 22.3. The van der Waals surface area contributed by atoms with Crippen LogP contribution in [0.5, 0.6) is 0 Å². The van der Waals surface area contributed by atoms with Gasteiger partial charge in [-0.15, -0.1) is 0 Å². The second-order valence-electron chi connectivity index (χ2n) is 1.69. The maximum absolute atomic E-state index is 7.26. The van der Waals surface area contributed by atoms with E-state index in [0.717, 1.165) is 0 Å². The van der Waals surface area contributed by atoms with Crippen LogP contribution in [0.3, 0.4) is 0 Å². The molecule has 0 nitrogen and oxygen atoms in total. The van der Waals surface area contributed by atoms with Crippen molar-refractivity contribution in [1.82, 2.24) is 0 Å². The average molecular weight is 238 g/mol. The Bertz CT molecular complexity index is 364. The van der Waals surface area contributed by atoms with Gasteiger partial charge in [-0.1, -0.05) is 17.7 Å². The Kier molecular flexibility index (Phi) is 0.756. The third-order valence-corrected chi connectivity index (χ3v) is 1.91. The Morgan fingerprint density at radius 3 is 3.00 bits per heavy atom. The SMILES string of the molecule is [2H]C([2H])([2H])c1ccc(I)c(C([2H])([2H])[2H])c1. The molecule has 1 heteroatoms. The molecule has 0 atom stereocenters. The molecule has 0 unspecified atom stereocenters. The van der Waals surface area contributed by atoms with Crippen molar-refractivity contribution in [2.24, 2.45) is 0 Å². The summed E-state index contributed by atoms with van der Waals surface area (Å²) in [5.74, 6) is 0. The summed E-state index contributed by atoms with van der Waals surface area (Å²) in [6.45, 7) is -4.53. The molecule has 48 valence electrons. The van der Waals surface area contributed by atoms with Gasteiger partial charge in [0.2, 0.25) is 0 Å². The van der Waals surface area contributed by atoms with E-state index < -0.39 is 13.7 Å². The molecule has 9 heavy (non-hydrogen) atoms. The van der Waals surface area contributed by atoms with Gasteiger partial charge in [0.1, 0.15) is 0 Å². The summed E-state index contributed by atoms with van der Waals surface area (Å²) in [6, 6.07) is 4.19. The fourth-order valence-corrected chi connectivity index (χ4v) is 0.861. The lowest BCUT2D eigenvalue weighted by molar-refractivity contribution is 1.36. The van der Waals surface area contributed by atoms with Crippen LogP contribution in [0.1, 0.15) is 19.4 Å². The molecule has 0 N–H and O–H groups in total. The molecule has 1 aromatic carbocycles. The summed E-state index contributed by atoms with van der Waals surface area (Å²) in [7, 11) is 0. The number of halogens is 1. The van der Waals surface area contributed by atoms with Crippen molar-refractivity contribution in [2.45, 2.75) is 13.7 Å². The van der Waals surface area contributed by atoms with Crippen LogP contribution in [-0.2, 0) is 0 Å². The Labute approximate surface area is 77.9 Å². The zero-order chi connectivity index (χ0) is 11.9.